The minimum absolute atomic E-state index is 0.456. The van der Waals surface area contributed by atoms with Crippen molar-refractivity contribution >= 4 is 11.5 Å². The van der Waals surface area contributed by atoms with Gasteiger partial charge in [0.2, 0.25) is 5.88 Å². The van der Waals surface area contributed by atoms with Crippen LogP contribution in [0.1, 0.15) is 13.8 Å². The van der Waals surface area contributed by atoms with Gasteiger partial charge >= 0.3 is 0 Å². The highest BCUT2D eigenvalue weighted by Gasteiger charge is 2.01. The molecule has 1 rings (SSSR count). The predicted octanol–water partition coefficient (Wildman–Crippen LogP) is 2.05. The molecule has 1 aromatic rings. The van der Waals surface area contributed by atoms with Gasteiger partial charge in [0, 0.05) is 6.54 Å². The van der Waals surface area contributed by atoms with Crippen LogP contribution in [0.4, 0.5) is 11.5 Å². The van der Waals surface area contributed by atoms with E-state index in [1.54, 1.807) is 13.2 Å². The average molecular weight is 207 g/mol. The van der Waals surface area contributed by atoms with Crippen molar-refractivity contribution < 1.29 is 4.74 Å². The van der Waals surface area contributed by atoms with Crippen molar-refractivity contribution in [3.05, 3.63) is 23.8 Å². The van der Waals surface area contributed by atoms with Crippen LogP contribution in [0.15, 0.2) is 23.8 Å². The summed E-state index contributed by atoms with van der Waals surface area (Å²) in [7, 11) is 1.55. The molecule has 0 aromatic carbocycles. The summed E-state index contributed by atoms with van der Waals surface area (Å²) in [6.07, 6.45) is 2.09. The van der Waals surface area contributed by atoms with Crippen molar-refractivity contribution in [2.45, 2.75) is 13.8 Å². The number of aromatic nitrogens is 1. The third-order valence-electron chi connectivity index (χ3n) is 1.88. The minimum Gasteiger partial charge on any atom is -0.479 e. The third-order valence-corrected chi connectivity index (χ3v) is 1.88. The van der Waals surface area contributed by atoms with Gasteiger partial charge in [0.05, 0.1) is 12.8 Å². The number of nitrogens with two attached hydrogens (primary N) is 1. The van der Waals surface area contributed by atoms with Crippen LogP contribution in [0.5, 0.6) is 5.88 Å². The van der Waals surface area contributed by atoms with E-state index in [0.717, 1.165) is 12.4 Å². The molecule has 0 aliphatic heterocycles. The molecule has 82 valence electrons. The van der Waals surface area contributed by atoms with Gasteiger partial charge in [-0.1, -0.05) is 11.6 Å². The van der Waals surface area contributed by atoms with E-state index in [4.69, 9.17) is 10.5 Å². The van der Waals surface area contributed by atoms with Crippen molar-refractivity contribution in [3.63, 3.8) is 0 Å². The van der Waals surface area contributed by atoms with Crippen molar-refractivity contribution in [1.82, 2.24) is 4.98 Å². The summed E-state index contributed by atoms with van der Waals surface area (Å²) in [6, 6.07) is 3.60. The molecule has 0 bridgehead atoms. The lowest BCUT2D eigenvalue weighted by Crippen LogP contribution is -2.03. The monoisotopic (exact) mass is 207 g/mol. The molecule has 0 amide bonds. The number of ether oxygens (including phenoxy) is 1. The summed E-state index contributed by atoms with van der Waals surface area (Å²) in [4.78, 5) is 4.20. The molecule has 1 aromatic heterocycles. The molecule has 0 fully saturated rings. The zero-order chi connectivity index (χ0) is 11.3. The number of hydrogen-bond donors (Lipinski definition) is 2. The lowest BCUT2D eigenvalue weighted by atomic mass is 10.3. The molecule has 4 nitrogen and oxygen atoms in total. The van der Waals surface area contributed by atoms with Gasteiger partial charge < -0.3 is 15.8 Å². The maximum Gasteiger partial charge on any atom is 0.238 e. The van der Waals surface area contributed by atoms with Crippen molar-refractivity contribution in [2.75, 3.05) is 24.7 Å². The topological polar surface area (TPSA) is 60.2 Å². The molecule has 1 heterocycles. The smallest absolute Gasteiger partial charge is 0.238 e. The number of nitrogens with zero attached hydrogens (tertiary/aromatic N) is 1. The Morgan fingerprint density at radius 3 is 2.87 bits per heavy atom. The number of hydrogen-bond acceptors (Lipinski definition) is 4. The van der Waals surface area contributed by atoms with Crippen LogP contribution in [0.25, 0.3) is 0 Å². The average Bonchev–Trinajstić information content (AvgIpc) is 2.20. The molecular weight excluding hydrogens is 190 g/mol. The fraction of sp³-hybridized carbons (Fsp3) is 0.364. The summed E-state index contributed by atoms with van der Waals surface area (Å²) in [5.74, 6) is 1.22. The van der Waals surface area contributed by atoms with E-state index >= 15 is 0 Å². The molecule has 0 spiro atoms. The number of anilines is 2. The van der Waals surface area contributed by atoms with Gasteiger partial charge in [0.1, 0.15) is 5.82 Å². The van der Waals surface area contributed by atoms with Gasteiger partial charge in [-0.05, 0) is 26.0 Å². The number of allylic oxidation sites excluding steroid dienone is 1. The van der Waals surface area contributed by atoms with Gasteiger partial charge in [-0.2, -0.15) is 4.98 Å². The Hall–Kier alpha value is -1.71. The van der Waals surface area contributed by atoms with Gasteiger partial charge in [0.25, 0.3) is 0 Å². The second-order valence-corrected chi connectivity index (χ2v) is 3.46. The van der Waals surface area contributed by atoms with Crippen LogP contribution in [-0.2, 0) is 0 Å². The van der Waals surface area contributed by atoms with Crippen LogP contribution in [-0.4, -0.2) is 18.6 Å². The van der Waals surface area contributed by atoms with E-state index in [1.165, 1.54) is 5.57 Å². The number of methoxy groups -OCH3 is 1. The van der Waals surface area contributed by atoms with Crippen molar-refractivity contribution in [2.24, 2.45) is 0 Å². The number of nitrogen functional groups attached to an aromatic ring is 1. The predicted molar refractivity (Wildman–Crippen MR) is 63.1 cm³/mol. The van der Waals surface area contributed by atoms with Crippen molar-refractivity contribution in [1.29, 1.82) is 0 Å². The number of rotatable bonds is 4. The van der Waals surface area contributed by atoms with Gasteiger partial charge in [-0.25, -0.2) is 0 Å². The van der Waals surface area contributed by atoms with Crippen LogP contribution >= 0.6 is 0 Å². The molecule has 0 radical (unpaired) electrons. The molecule has 0 saturated carbocycles. The molecule has 15 heavy (non-hydrogen) atoms. The van der Waals surface area contributed by atoms with Gasteiger partial charge in [-0.3, -0.25) is 0 Å². The van der Waals surface area contributed by atoms with Crippen LogP contribution in [0.2, 0.25) is 0 Å². The molecule has 0 aliphatic rings. The quantitative estimate of drug-likeness (QED) is 0.742. The molecule has 0 atom stereocenters. The Balaban J connectivity index is 2.66. The van der Waals surface area contributed by atoms with E-state index < -0.39 is 0 Å². The Kier molecular flexibility index (Phi) is 3.97. The highest BCUT2D eigenvalue weighted by molar-refractivity contribution is 5.53. The Morgan fingerprint density at radius 1 is 1.53 bits per heavy atom. The molecule has 0 saturated heterocycles. The van der Waals surface area contributed by atoms with Crippen LogP contribution < -0.4 is 15.8 Å². The Bertz CT molecular complexity index is 357. The summed E-state index contributed by atoms with van der Waals surface area (Å²) in [6.45, 7) is 4.86. The second kappa shape index (κ2) is 5.24. The van der Waals surface area contributed by atoms with Gasteiger partial charge in [0.15, 0.2) is 0 Å². The summed E-state index contributed by atoms with van der Waals surface area (Å²) < 4.78 is 5.02. The van der Waals surface area contributed by atoms with Gasteiger partial charge in [-0.15, -0.1) is 0 Å². The SMILES string of the molecule is COc1nc(NCC=C(C)C)ccc1N. The first kappa shape index (κ1) is 11.4. The lowest BCUT2D eigenvalue weighted by Gasteiger charge is -2.07. The Morgan fingerprint density at radius 2 is 2.27 bits per heavy atom. The fourth-order valence-corrected chi connectivity index (χ4v) is 1.07. The highest BCUT2D eigenvalue weighted by Crippen LogP contribution is 2.19. The zero-order valence-corrected chi connectivity index (χ0v) is 9.37. The summed E-state index contributed by atoms with van der Waals surface area (Å²) in [5.41, 5.74) is 7.46. The molecular formula is C11H17N3O. The maximum atomic E-state index is 5.65. The van der Waals surface area contributed by atoms with Crippen molar-refractivity contribution in [3.8, 4) is 5.88 Å². The second-order valence-electron chi connectivity index (χ2n) is 3.46. The third kappa shape index (κ3) is 3.50. The molecule has 0 unspecified atom stereocenters. The largest absolute Gasteiger partial charge is 0.479 e. The first-order valence-electron chi connectivity index (χ1n) is 4.81. The van der Waals surface area contributed by atoms with Crippen LogP contribution in [0, 0.1) is 0 Å². The molecule has 4 heteroatoms. The number of nitrogens with one attached hydrogen (secondary N) is 1. The normalized spacial score (nSPS) is 9.53. The molecule has 0 aliphatic carbocycles. The number of pyridine rings is 1. The van der Waals surface area contributed by atoms with E-state index in [0.29, 0.717) is 11.6 Å². The minimum atomic E-state index is 0.456. The van der Waals surface area contributed by atoms with E-state index in [9.17, 15) is 0 Å². The zero-order valence-electron chi connectivity index (χ0n) is 9.37. The first-order chi connectivity index (χ1) is 7.13. The summed E-state index contributed by atoms with van der Waals surface area (Å²) in [5, 5.41) is 3.15. The summed E-state index contributed by atoms with van der Waals surface area (Å²) >= 11 is 0. The van der Waals surface area contributed by atoms with Crippen LogP contribution in [0.3, 0.4) is 0 Å². The first-order valence-corrected chi connectivity index (χ1v) is 4.81. The Labute approximate surface area is 90.2 Å². The van der Waals surface area contributed by atoms with E-state index in [2.05, 4.69) is 30.2 Å². The molecule has 3 N–H and O–H groups in total. The fourth-order valence-electron chi connectivity index (χ4n) is 1.07. The standard InChI is InChI=1S/C11H17N3O/c1-8(2)6-7-13-10-5-4-9(12)11(14-10)15-3/h4-6H,7,12H2,1-3H3,(H,13,14). The maximum absolute atomic E-state index is 5.65. The highest BCUT2D eigenvalue weighted by atomic mass is 16.5. The van der Waals surface area contributed by atoms with E-state index in [1.807, 2.05) is 6.07 Å². The lowest BCUT2D eigenvalue weighted by molar-refractivity contribution is 0.401. The van der Waals surface area contributed by atoms with E-state index in [-0.39, 0.29) is 0 Å².